The Morgan fingerprint density at radius 1 is 1.31 bits per heavy atom. The number of carboxylic acids is 1. The van der Waals surface area contributed by atoms with Gasteiger partial charge in [0, 0.05) is 19.6 Å². The number of rotatable bonds is 6. The number of carbonyl (C=O) groups is 3. The van der Waals surface area contributed by atoms with Gasteiger partial charge in [0.15, 0.2) is 0 Å². The van der Waals surface area contributed by atoms with Crippen LogP contribution in [0.25, 0.3) is 0 Å². The molecule has 2 rings (SSSR count). The fourth-order valence-corrected chi connectivity index (χ4v) is 3.32. The van der Waals surface area contributed by atoms with E-state index in [1.165, 1.54) is 0 Å². The van der Waals surface area contributed by atoms with Crippen molar-refractivity contribution in [3.8, 4) is 12.3 Å². The van der Waals surface area contributed by atoms with E-state index in [2.05, 4.69) is 16.6 Å². The zero-order valence-electron chi connectivity index (χ0n) is 14.9. The molecule has 0 saturated carbocycles. The summed E-state index contributed by atoms with van der Waals surface area (Å²) in [5.74, 6) is -0.222. The fraction of sp³-hybridized carbons (Fsp3) is 0.632. The molecule has 7 nitrogen and oxygen atoms in total. The smallest absolute Gasteiger partial charge is 0.320 e. The van der Waals surface area contributed by atoms with Gasteiger partial charge < -0.3 is 20.6 Å². The molecule has 2 aliphatic heterocycles. The third-order valence-electron chi connectivity index (χ3n) is 4.98. The molecule has 0 spiro atoms. The molecule has 0 aromatic rings. The Labute approximate surface area is 154 Å². The highest BCUT2D eigenvalue weighted by Gasteiger charge is 2.28. The quantitative estimate of drug-likeness (QED) is 0.465. The molecular weight excluding hydrogens is 334 g/mol. The molecule has 3 N–H and O–H groups in total. The second kappa shape index (κ2) is 9.97. The number of aliphatic carboxylic acids is 1. The highest BCUT2D eigenvalue weighted by atomic mass is 16.4. The molecule has 0 unspecified atom stereocenters. The molecule has 0 bridgehead atoms. The minimum absolute atomic E-state index is 0.0620. The number of carboxylic acid groups (broad SMARTS) is 1. The van der Waals surface area contributed by atoms with Crippen LogP contribution in [0, 0.1) is 30.1 Å². The Morgan fingerprint density at radius 2 is 2.04 bits per heavy atom. The zero-order chi connectivity index (χ0) is 18.9. The van der Waals surface area contributed by atoms with Gasteiger partial charge in [0.05, 0.1) is 5.92 Å². The van der Waals surface area contributed by atoms with E-state index in [9.17, 15) is 14.4 Å². The summed E-state index contributed by atoms with van der Waals surface area (Å²) < 4.78 is 0. The Hall–Kier alpha value is -2.33. The summed E-state index contributed by atoms with van der Waals surface area (Å²) in [5, 5.41) is 14.8. The normalized spacial score (nSPS) is 22.6. The summed E-state index contributed by atoms with van der Waals surface area (Å²) in [6, 6.07) is 0. The van der Waals surface area contributed by atoms with E-state index < -0.39 is 11.9 Å². The first-order valence-electron chi connectivity index (χ1n) is 9.15. The number of amides is 2. The lowest BCUT2D eigenvalue weighted by atomic mass is 9.96. The number of piperidine rings is 2. The molecule has 0 aliphatic carbocycles. The molecule has 2 atom stereocenters. The summed E-state index contributed by atoms with van der Waals surface area (Å²) in [6.07, 6.45) is 12.3. The van der Waals surface area contributed by atoms with Crippen LogP contribution in [0.15, 0.2) is 12.2 Å². The molecule has 0 aromatic carbocycles. The van der Waals surface area contributed by atoms with E-state index in [1.54, 1.807) is 11.0 Å². The van der Waals surface area contributed by atoms with Crippen LogP contribution in [-0.2, 0) is 14.4 Å². The lowest BCUT2D eigenvalue weighted by Gasteiger charge is -2.31. The van der Waals surface area contributed by atoms with Crippen LogP contribution in [0.4, 0.5) is 0 Å². The highest BCUT2D eigenvalue weighted by Crippen LogP contribution is 2.18. The maximum atomic E-state index is 12.4. The second-order valence-electron chi connectivity index (χ2n) is 6.87. The van der Waals surface area contributed by atoms with Gasteiger partial charge in [-0.2, -0.15) is 0 Å². The molecule has 2 saturated heterocycles. The number of allylic oxidation sites excluding steroid dienone is 1. The average molecular weight is 361 g/mol. The van der Waals surface area contributed by atoms with Crippen LogP contribution in [0.1, 0.15) is 25.7 Å². The summed E-state index contributed by atoms with van der Waals surface area (Å²) in [5.41, 5.74) is 0. The van der Waals surface area contributed by atoms with E-state index in [4.69, 9.17) is 11.5 Å². The fourth-order valence-electron chi connectivity index (χ4n) is 3.32. The highest BCUT2D eigenvalue weighted by molar-refractivity contribution is 5.88. The Bertz CT molecular complexity index is 590. The van der Waals surface area contributed by atoms with Crippen LogP contribution >= 0.6 is 0 Å². The van der Waals surface area contributed by atoms with Crippen molar-refractivity contribution in [3.05, 3.63) is 12.2 Å². The number of terminal acetylenes is 1. The van der Waals surface area contributed by atoms with E-state index in [0.717, 1.165) is 32.4 Å². The van der Waals surface area contributed by atoms with Crippen LogP contribution < -0.4 is 10.6 Å². The van der Waals surface area contributed by atoms with Crippen LogP contribution in [0.2, 0.25) is 0 Å². The van der Waals surface area contributed by atoms with Gasteiger partial charge in [0.2, 0.25) is 11.8 Å². The van der Waals surface area contributed by atoms with Crippen LogP contribution in [0.3, 0.4) is 0 Å². The van der Waals surface area contributed by atoms with Gasteiger partial charge in [0.1, 0.15) is 5.92 Å². The Morgan fingerprint density at radius 3 is 2.69 bits per heavy atom. The predicted molar refractivity (Wildman–Crippen MR) is 97.0 cm³/mol. The van der Waals surface area contributed by atoms with Gasteiger partial charge >= 0.3 is 5.97 Å². The van der Waals surface area contributed by atoms with E-state index >= 15 is 0 Å². The van der Waals surface area contributed by atoms with Gasteiger partial charge in [-0.3, -0.25) is 14.4 Å². The van der Waals surface area contributed by atoms with Crippen LogP contribution in [0.5, 0.6) is 0 Å². The molecule has 0 aromatic heterocycles. The largest absolute Gasteiger partial charge is 0.480 e. The number of likely N-dealkylation sites (tertiary alicyclic amines) is 1. The van der Waals surface area contributed by atoms with Crippen molar-refractivity contribution in [2.45, 2.75) is 25.7 Å². The maximum Gasteiger partial charge on any atom is 0.320 e. The monoisotopic (exact) mass is 361 g/mol. The van der Waals surface area contributed by atoms with Gasteiger partial charge in [0.25, 0.3) is 0 Å². The summed E-state index contributed by atoms with van der Waals surface area (Å²) >= 11 is 0. The number of hydrogen-bond acceptors (Lipinski definition) is 4. The topological polar surface area (TPSA) is 98.7 Å². The SMILES string of the molecule is C#C[C@H](CNC(=O)[C@@H]1CCCN(C(=O)/C=C/C2CCNCC2)C1)C(=O)O. The van der Waals surface area contributed by atoms with Crippen molar-refractivity contribution < 1.29 is 19.5 Å². The minimum Gasteiger partial charge on any atom is -0.480 e. The molecule has 2 amide bonds. The van der Waals surface area contributed by atoms with E-state index in [1.807, 2.05) is 6.08 Å². The molecule has 2 fully saturated rings. The molecular formula is C19H27N3O4. The van der Waals surface area contributed by atoms with Crippen molar-refractivity contribution in [1.82, 2.24) is 15.5 Å². The first-order chi connectivity index (χ1) is 12.5. The molecule has 7 heteroatoms. The van der Waals surface area contributed by atoms with Gasteiger partial charge in [-0.05, 0) is 50.8 Å². The van der Waals surface area contributed by atoms with E-state index in [0.29, 0.717) is 25.4 Å². The number of nitrogens with one attached hydrogen (secondary N) is 2. The number of nitrogens with zero attached hydrogens (tertiary/aromatic N) is 1. The first kappa shape index (κ1) is 20.0. The van der Waals surface area contributed by atoms with Crippen molar-refractivity contribution in [2.75, 3.05) is 32.7 Å². The lowest BCUT2D eigenvalue weighted by molar-refractivity contribution is -0.139. The van der Waals surface area contributed by atoms with Gasteiger partial charge in [-0.15, -0.1) is 6.42 Å². The molecule has 2 heterocycles. The summed E-state index contributed by atoms with van der Waals surface area (Å²) in [4.78, 5) is 37.3. The standard InChI is InChI=1S/C19H27N3O4/c1-2-15(19(25)26)12-21-18(24)16-4-3-11-22(13-16)17(23)6-5-14-7-9-20-10-8-14/h1,5-6,14-16,20H,3-4,7-13H2,(H,21,24)(H,25,26)/b6-5+/t15-,16-/m1/s1. The number of carbonyl (C=O) groups excluding carboxylic acids is 2. The summed E-state index contributed by atoms with van der Waals surface area (Å²) in [6.45, 7) is 2.86. The molecule has 0 radical (unpaired) electrons. The summed E-state index contributed by atoms with van der Waals surface area (Å²) in [7, 11) is 0. The Kier molecular flexibility index (Phi) is 7.67. The average Bonchev–Trinajstić information content (AvgIpc) is 2.67. The molecule has 26 heavy (non-hydrogen) atoms. The maximum absolute atomic E-state index is 12.4. The van der Waals surface area contributed by atoms with Gasteiger partial charge in [-0.1, -0.05) is 12.0 Å². The molecule has 142 valence electrons. The zero-order valence-corrected chi connectivity index (χ0v) is 14.9. The van der Waals surface area contributed by atoms with E-state index in [-0.39, 0.29) is 24.3 Å². The minimum atomic E-state index is -1.13. The lowest BCUT2D eigenvalue weighted by Crippen LogP contribution is -2.46. The second-order valence-corrected chi connectivity index (χ2v) is 6.87. The van der Waals surface area contributed by atoms with Crippen molar-refractivity contribution in [1.29, 1.82) is 0 Å². The van der Waals surface area contributed by atoms with Crippen molar-refractivity contribution in [3.63, 3.8) is 0 Å². The first-order valence-corrected chi connectivity index (χ1v) is 9.15. The molecule has 2 aliphatic rings. The van der Waals surface area contributed by atoms with Crippen molar-refractivity contribution >= 4 is 17.8 Å². The number of hydrogen-bond donors (Lipinski definition) is 3. The third-order valence-corrected chi connectivity index (χ3v) is 4.98. The van der Waals surface area contributed by atoms with Gasteiger partial charge in [-0.25, -0.2) is 0 Å². The Balaban J connectivity index is 1.82. The third kappa shape index (κ3) is 5.88. The van der Waals surface area contributed by atoms with Crippen molar-refractivity contribution in [2.24, 2.45) is 17.8 Å². The predicted octanol–water partition coefficient (Wildman–Crippen LogP) is 0.231. The van der Waals surface area contributed by atoms with Crippen LogP contribution in [-0.4, -0.2) is 60.5 Å².